The predicted molar refractivity (Wildman–Crippen MR) is 112 cm³/mol. The molecule has 0 fully saturated rings. The monoisotopic (exact) mass is 370 g/mol. The summed E-state index contributed by atoms with van der Waals surface area (Å²) in [5.74, 6) is -0.665. The molecule has 0 aromatic heterocycles. The van der Waals surface area contributed by atoms with Gasteiger partial charge in [-0.2, -0.15) is 0 Å². The number of carboxylic acids is 1. The number of aliphatic hydroxyl groups is 1. The molecule has 0 aliphatic rings. The molecule has 0 radical (unpaired) electrons. The fraction of sp³-hybridized carbons (Fsp3) is 0.957. The van der Waals surface area contributed by atoms with Gasteiger partial charge in [0.25, 0.3) is 0 Å². The summed E-state index contributed by atoms with van der Waals surface area (Å²) in [6, 6.07) is 0. The minimum Gasteiger partial charge on any atom is -0.481 e. The second-order valence-electron chi connectivity index (χ2n) is 8.03. The van der Waals surface area contributed by atoms with E-state index in [9.17, 15) is 9.90 Å². The quantitative estimate of drug-likeness (QED) is 0.209. The van der Waals surface area contributed by atoms with Gasteiger partial charge in [-0.1, -0.05) is 110 Å². The van der Waals surface area contributed by atoms with Crippen molar-refractivity contribution in [3.05, 3.63) is 0 Å². The Morgan fingerprint density at radius 2 is 0.962 bits per heavy atom. The molecule has 3 heteroatoms. The minimum atomic E-state index is -0.665. The van der Waals surface area contributed by atoms with Crippen LogP contribution in [-0.2, 0) is 4.79 Å². The van der Waals surface area contributed by atoms with E-state index in [4.69, 9.17) is 5.11 Å². The lowest BCUT2D eigenvalue weighted by Gasteiger charge is -2.10. The molecule has 0 heterocycles. The Morgan fingerprint density at radius 1 is 0.615 bits per heavy atom. The number of hydrogen-bond acceptors (Lipinski definition) is 2. The molecule has 0 bridgehead atoms. The predicted octanol–water partition coefficient (Wildman–Crippen LogP) is 7.25. The highest BCUT2D eigenvalue weighted by molar-refractivity contribution is 5.66. The number of hydrogen-bond donors (Lipinski definition) is 2. The second-order valence-corrected chi connectivity index (χ2v) is 8.03. The van der Waals surface area contributed by atoms with Crippen LogP contribution >= 0.6 is 0 Å². The van der Waals surface area contributed by atoms with Crippen LogP contribution in [-0.4, -0.2) is 22.3 Å². The number of rotatable bonds is 21. The lowest BCUT2D eigenvalue weighted by Crippen LogP contribution is -2.05. The second kappa shape index (κ2) is 20.7. The Morgan fingerprint density at radius 3 is 1.35 bits per heavy atom. The molecule has 3 nitrogen and oxygen atoms in total. The van der Waals surface area contributed by atoms with Crippen molar-refractivity contribution in [3.63, 3.8) is 0 Å². The van der Waals surface area contributed by atoms with Crippen LogP contribution in [0.15, 0.2) is 0 Å². The van der Waals surface area contributed by atoms with E-state index in [1.54, 1.807) is 0 Å². The molecule has 0 aromatic carbocycles. The summed E-state index contributed by atoms with van der Waals surface area (Å²) in [6.07, 6.45) is 23.5. The van der Waals surface area contributed by atoms with E-state index in [-0.39, 0.29) is 6.10 Å². The first-order valence-electron chi connectivity index (χ1n) is 11.6. The highest BCUT2D eigenvalue weighted by Gasteiger charge is 2.03. The van der Waals surface area contributed by atoms with Crippen molar-refractivity contribution in [3.8, 4) is 0 Å². The van der Waals surface area contributed by atoms with Crippen molar-refractivity contribution in [1.82, 2.24) is 0 Å². The Hall–Kier alpha value is -0.570. The number of unbranched alkanes of at least 4 members (excludes halogenated alkanes) is 15. The first kappa shape index (κ1) is 25.4. The molecule has 2 N–H and O–H groups in total. The Labute approximate surface area is 163 Å². The van der Waals surface area contributed by atoms with Gasteiger partial charge in [0.2, 0.25) is 0 Å². The third-order valence-corrected chi connectivity index (χ3v) is 5.32. The van der Waals surface area contributed by atoms with Gasteiger partial charge in [0.05, 0.1) is 6.10 Å². The van der Waals surface area contributed by atoms with Crippen LogP contribution in [0.3, 0.4) is 0 Å². The molecule has 0 rings (SSSR count). The van der Waals surface area contributed by atoms with Crippen molar-refractivity contribution >= 4 is 5.97 Å². The molecule has 0 saturated carbocycles. The third-order valence-electron chi connectivity index (χ3n) is 5.32. The van der Waals surface area contributed by atoms with Gasteiger partial charge in [-0.3, -0.25) is 4.79 Å². The molecule has 26 heavy (non-hydrogen) atoms. The van der Waals surface area contributed by atoms with Crippen molar-refractivity contribution in [2.45, 2.75) is 141 Å². The van der Waals surface area contributed by atoms with E-state index >= 15 is 0 Å². The van der Waals surface area contributed by atoms with E-state index in [0.29, 0.717) is 6.42 Å². The highest BCUT2D eigenvalue weighted by atomic mass is 16.4. The number of carboxylic acid groups (broad SMARTS) is 1. The lowest BCUT2D eigenvalue weighted by atomic mass is 10.0. The molecule has 1 unspecified atom stereocenters. The van der Waals surface area contributed by atoms with E-state index < -0.39 is 5.97 Å². The number of carbonyl (C=O) groups is 1. The SMILES string of the molecule is CCCCCCCC(O)CCCCCCCCCCCCCCC(=O)O. The average molecular weight is 371 g/mol. The van der Waals surface area contributed by atoms with Crippen LogP contribution < -0.4 is 0 Å². The maximum Gasteiger partial charge on any atom is 0.303 e. The van der Waals surface area contributed by atoms with Gasteiger partial charge < -0.3 is 10.2 Å². The van der Waals surface area contributed by atoms with Crippen molar-refractivity contribution in [1.29, 1.82) is 0 Å². The minimum absolute atomic E-state index is 0.0628. The van der Waals surface area contributed by atoms with Gasteiger partial charge in [0.15, 0.2) is 0 Å². The Bertz CT molecular complexity index is 291. The van der Waals surface area contributed by atoms with E-state index in [0.717, 1.165) is 25.7 Å². The fourth-order valence-corrected chi connectivity index (χ4v) is 3.55. The van der Waals surface area contributed by atoms with E-state index in [2.05, 4.69) is 6.92 Å². The summed E-state index contributed by atoms with van der Waals surface area (Å²) in [5.41, 5.74) is 0. The first-order valence-corrected chi connectivity index (χ1v) is 11.6. The largest absolute Gasteiger partial charge is 0.481 e. The summed E-state index contributed by atoms with van der Waals surface area (Å²) in [6.45, 7) is 2.24. The van der Waals surface area contributed by atoms with Crippen molar-refractivity contribution < 1.29 is 15.0 Å². The number of aliphatic carboxylic acids is 1. The van der Waals surface area contributed by atoms with Gasteiger partial charge in [0, 0.05) is 6.42 Å². The van der Waals surface area contributed by atoms with Crippen molar-refractivity contribution in [2.24, 2.45) is 0 Å². The third kappa shape index (κ3) is 21.5. The summed E-state index contributed by atoms with van der Waals surface area (Å²) in [7, 11) is 0. The summed E-state index contributed by atoms with van der Waals surface area (Å²) < 4.78 is 0. The normalized spacial score (nSPS) is 12.4. The molecule has 0 saturated heterocycles. The van der Waals surface area contributed by atoms with Crippen molar-refractivity contribution in [2.75, 3.05) is 0 Å². The Balaban J connectivity index is 3.11. The van der Waals surface area contributed by atoms with E-state index in [1.165, 1.54) is 96.3 Å². The van der Waals surface area contributed by atoms with Gasteiger partial charge in [-0.15, -0.1) is 0 Å². The van der Waals surface area contributed by atoms with E-state index in [1.807, 2.05) is 0 Å². The zero-order valence-corrected chi connectivity index (χ0v) is 17.5. The Kier molecular flexibility index (Phi) is 20.3. The van der Waals surface area contributed by atoms with Crippen LogP contribution in [0.2, 0.25) is 0 Å². The van der Waals surface area contributed by atoms with Gasteiger partial charge in [-0.25, -0.2) is 0 Å². The molecular formula is C23H46O3. The molecule has 0 aliphatic heterocycles. The van der Waals surface area contributed by atoms with Gasteiger partial charge >= 0.3 is 5.97 Å². The van der Waals surface area contributed by atoms with Gasteiger partial charge in [0.1, 0.15) is 0 Å². The van der Waals surface area contributed by atoms with Crippen LogP contribution in [0.5, 0.6) is 0 Å². The molecule has 0 spiro atoms. The highest BCUT2D eigenvalue weighted by Crippen LogP contribution is 2.15. The molecule has 1 atom stereocenters. The van der Waals surface area contributed by atoms with Crippen LogP contribution in [0, 0.1) is 0 Å². The van der Waals surface area contributed by atoms with Crippen LogP contribution in [0.25, 0.3) is 0 Å². The molecular weight excluding hydrogens is 324 g/mol. The van der Waals surface area contributed by atoms with Gasteiger partial charge in [-0.05, 0) is 19.3 Å². The molecule has 156 valence electrons. The maximum atomic E-state index is 10.4. The average Bonchev–Trinajstić information content (AvgIpc) is 2.61. The molecule has 0 aliphatic carbocycles. The zero-order valence-electron chi connectivity index (χ0n) is 17.5. The smallest absolute Gasteiger partial charge is 0.303 e. The van der Waals surface area contributed by atoms with Crippen LogP contribution in [0.1, 0.15) is 135 Å². The lowest BCUT2D eigenvalue weighted by molar-refractivity contribution is -0.137. The summed E-state index contributed by atoms with van der Waals surface area (Å²) in [4.78, 5) is 10.4. The van der Waals surface area contributed by atoms with Crippen LogP contribution in [0.4, 0.5) is 0 Å². The summed E-state index contributed by atoms with van der Waals surface area (Å²) in [5, 5.41) is 18.5. The molecule has 0 amide bonds. The zero-order chi connectivity index (χ0) is 19.3. The first-order chi connectivity index (χ1) is 12.7. The standard InChI is InChI=1S/C23H46O3/c1-2-3-4-13-16-19-22(24)20-17-14-11-9-7-5-6-8-10-12-15-18-21-23(25)26/h22,24H,2-21H2,1H3,(H,25,26). The summed E-state index contributed by atoms with van der Waals surface area (Å²) >= 11 is 0. The topological polar surface area (TPSA) is 57.5 Å². The maximum absolute atomic E-state index is 10.4. The molecule has 0 aromatic rings. The fourth-order valence-electron chi connectivity index (χ4n) is 3.55. The number of aliphatic hydroxyl groups excluding tert-OH is 1.